The monoisotopic (exact) mass is 265 g/mol. The lowest BCUT2D eigenvalue weighted by Crippen LogP contribution is -2.47. The van der Waals surface area contributed by atoms with Gasteiger partial charge in [-0.05, 0) is 19.4 Å². The number of carbonyl (C=O) groups excluding carboxylic acids is 1. The molecule has 0 atom stereocenters. The lowest BCUT2D eigenvalue weighted by atomic mass is 9.77. The van der Waals surface area contributed by atoms with E-state index >= 15 is 0 Å². The molecule has 0 radical (unpaired) electrons. The van der Waals surface area contributed by atoms with Gasteiger partial charge in [-0.15, -0.1) is 0 Å². The number of carbonyl (C=O) groups is 1. The summed E-state index contributed by atoms with van der Waals surface area (Å²) in [5.41, 5.74) is -0.363. The summed E-state index contributed by atoms with van der Waals surface area (Å²) in [4.78, 5) is 11.6. The zero-order chi connectivity index (χ0) is 14.5. The average molecular weight is 265 g/mol. The number of alkyl carbamates (subject to hydrolysis) is 1. The summed E-state index contributed by atoms with van der Waals surface area (Å²) in [6, 6.07) is 9.50. The van der Waals surface area contributed by atoms with Crippen LogP contribution in [0.15, 0.2) is 30.3 Å². The van der Waals surface area contributed by atoms with Crippen LogP contribution in [0, 0.1) is 5.41 Å². The van der Waals surface area contributed by atoms with E-state index in [4.69, 9.17) is 4.74 Å². The fourth-order valence-electron chi connectivity index (χ4n) is 1.28. The molecule has 0 saturated heterocycles. The zero-order valence-corrected chi connectivity index (χ0v) is 12.1. The summed E-state index contributed by atoms with van der Waals surface area (Å²) in [5, 5.41) is 12.7. The minimum absolute atomic E-state index is 0.246. The van der Waals surface area contributed by atoms with Crippen molar-refractivity contribution in [3.05, 3.63) is 35.9 Å². The average Bonchev–Trinajstić information content (AvgIpc) is 2.34. The first-order valence-electron chi connectivity index (χ1n) is 6.39. The van der Waals surface area contributed by atoms with Crippen molar-refractivity contribution in [2.45, 2.75) is 39.9 Å². The van der Waals surface area contributed by atoms with Crippen LogP contribution in [0.25, 0.3) is 0 Å². The number of benzene rings is 1. The van der Waals surface area contributed by atoms with Gasteiger partial charge in [0.1, 0.15) is 6.61 Å². The van der Waals surface area contributed by atoms with Crippen molar-refractivity contribution in [3.8, 4) is 0 Å². The van der Waals surface area contributed by atoms with Gasteiger partial charge in [0.15, 0.2) is 0 Å². The third-order valence-electron chi connectivity index (χ3n) is 3.54. The number of hydrogen-bond donors (Lipinski definition) is 2. The van der Waals surface area contributed by atoms with Crippen LogP contribution >= 0.6 is 0 Å². The Morgan fingerprint density at radius 2 is 1.79 bits per heavy atom. The summed E-state index contributed by atoms with van der Waals surface area (Å²) in [5.74, 6) is 0. The Balaban J connectivity index is 2.37. The van der Waals surface area contributed by atoms with Crippen LogP contribution in [0.3, 0.4) is 0 Å². The van der Waals surface area contributed by atoms with E-state index in [1.807, 2.05) is 44.2 Å². The van der Waals surface area contributed by atoms with E-state index < -0.39 is 17.1 Å². The molecule has 0 saturated carbocycles. The topological polar surface area (TPSA) is 58.6 Å². The Kier molecular flexibility index (Phi) is 4.95. The molecule has 19 heavy (non-hydrogen) atoms. The summed E-state index contributed by atoms with van der Waals surface area (Å²) in [6.07, 6.45) is -0.471. The maximum absolute atomic E-state index is 11.6. The van der Waals surface area contributed by atoms with E-state index in [2.05, 4.69) is 5.32 Å². The van der Waals surface area contributed by atoms with E-state index in [-0.39, 0.29) is 6.61 Å². The second-order valence-corrected chi connectivity index (χ2v) is 5.86. The number of nitrogens with one attached hydrogen (secondary N) is 1. The molecule has 0 bridgehead atoms. The third-order valence-corrected chi connectivity index (χ3v) is 3.54. The van der Waals surface area contributed by atoms with Gasteiger partial charge >= 0.3 is 6.09 Å². The number of amides is 1. The highest BCUT2D eigenvalue weighted by molar-refractivity contribution is 5.67. The lowest BCUT2D eigenvalue weighted by Gasteiger charge is -2.37. The second kappa shape index (κ2) is 6.06. The normalized spacial score (nSPS) is 12.1. The summed E-state index contributed by atoms with van der Waals surface area (Å²) in [7, 11) is 0. The van der Waals surface area contributed by atoms with Gasteiger partial charge in [-0.1, -0.05) is 44.2 Å². The third kappa shape index (κ3) is 4.91. The van der Waals surface area contributed by atoms with Crippen molar-refractivity contribution in [3.63, 3.8) is 0 Å². The summed E-state index contributed by atoms with van der Waals surface area (Å²) >= 11 is 0. The van der Waals surface area contributed by atoms with Crippen molar-refractivity contribution < 1.29 is 14.6 Å². The summed E-state index contributed by atoms with van der Waals surface area (Å²) in [6.45, 7) is 7.84. The van der Waals surface area contributed by atoms with Crippen LogP contribution in [0.2, 0.25) is 0 Å². The first-order chi connectivity index (χ1) is 8.72. The van der Waals surface area contributed by atoms with Gasteiger partial charge in [0, 0.05) is 12.0 Å². The molecule has 2 N–H and O–H groups in total. The van der Waals surface area contributed by atoms with Gasteiger partial charge in [-0.2, -0.15) is 0 Å². The smallest absolute Gasteiger partial charge is 0.407 e. The van der Waals surface area contributed by atoms with Crippen molar-refractivity contribution in [2.24, 2.45) is 5.41 Å². The standard InChI is InChI=1S/C15H23NO3/c1-14(2,15(3,4)18)11-16-13(17)19-10-12-8-6-5-7-9-12/h5-9,18H,10-11H2,1-4H3,(H,16,17). The molecule has 4 nitrogen and oxygen atoms in total. The molecular weight excluding hydrogens is 242 g/mol. The van der Waals surface area contributed by atoms with Crippen LogP contribution in [-0.2, 0) is 11.3 Å². The highest BCUT2D eigenvalue weighted by Crippen LogP contribution is 2.29. The second-order valence-electron chi connectivity index (χ2n) is 5.86. The quantitative estimate of drug-likeness (QED) is 0.860. The van der Waals surface area contributed by atoms with Crippen molar-refractivity contribution in [1.82, 2.24) is 5.32 Å². The van der Waals surface area contributed by atoms with E-state index in [9.17, 15) is 9.90 Å². The van der Waals surface area contributed by atoms with Crippen LogP contribution < -0.4 is 5.32 Å². The van der Waals surface area contributed by atoms with Crippen LogP contribution in [0.4, 0.5) is 4.79 Å². The number of rotatable bonds is 5. The number of hydrogen-bond acceptors (Lipinski definition) is 3. The molecule has 0 fully saturated rings. The molecule has 0 aliphatic rings. The Hall–Kier alpha value is -1.55. The highest BCUT2D eigenvalue weighted by Gasteiger charge is 2.35. The molecule has 0 aliphatic heterocycles. The fourth-order valence-corrected chi connectivity index (χ4v) is 1.28. The van der Waals surface area contributed by atoms with Gasteiger partial charge < -0.3 is 15.2 Å². The Morgan fingerprint density at radius 1 is 1.21 bits per heavy atom. The molecule has 0 heterocycles. The first kappa shape index (κ1) is 15.5. The van der Waals surface area contributed by atoms with Crippen molar-refractivity contribution in [1.29, 1.82) is 0 Å². The molecule has 0 aliphatic carbocycles. The van der Waals surface area contributed by atoms with E-state index in [0.717, 1.165) is 5.56 Å². The van der Waals surface area contributed by atoms with E-state index in [1.165, 1.54) is 0 Å². The zero-order valence-electron chi connectivity index (χ0n) is 12.1. The van der Waals surface area contributed by atoms with Gasteiger partial charge in [0.05, 0.1) is 5.60 Å². The predicted molar refractivity (Wildman–Crippen MR) is 74.7 cm³/mol. The molecule has 1 aromatic rings. The van der Waals surface area contributed by atoms with Crippen molar-refractivity contribution >= 4 is 6.09 Å². The molecular formula is C15H23NO3. The minimum Gasteiger partial charge on any atom is -0.445 e. The van der Waals surface area contributed by atoms with Crippen LogP contribution in [0.5, 0.6) is 0 Å². The van der Waals surface area contributed by atoms with Gasteiger partial charge in [-0.3, -0.25) is 0 Å². The van der Waals surface area contributed by atoms with Crippen LogP contribution in [0.1, 0.15) is 33.3 Å². The molecule has 4 heteroatoms. The molecule has 0 aromatic heterocycles. The largest absolute Gasteiger partial charge is 0.445 e. The highest BCUT2D eigenvalue weighted by atomic mass is 16.5. The fraction of sp³-hybridized carbons (Fsp3) is 0.533. The number of aliphatic hydroxyl groups is 1. The minimum atomic E-state index is -0.875. The maximum Gasteiger partial charge on any atom is 0.407 e. The van der Waals surface area contributed by atoms with Gasteiger partial charge in [0.2, 0.25) is 0 Å². The maximum atomic E-state index is 11.6. The Morgan fingerprint density at radius 3 is 2.32 bits per heavy atom. The first-order valence-corrected chi connectivity index (χ1v) is 6.39. The summed E-state index contributed by atoms with van der Waals surface area (Å²) < 4.78 is 5.10. The predicted octanol–water partition coefficient (Wildman–Crippen LogP) is 2.71. The molecule has 0 unspecified atom stereocenters. The molecule has 1 aromatic carbocycles. The Bertz CT molecular complexity index is 407. The van der Waals surface area contributed by atoms with Crippen molar-refractivity contribution in [2.75, 3.05) is 6.54 Å². The molecule has 1 rings (SSSR count). The molecule has 0 spiro atoms. The Labute approximate surface area is 114 Å². The van der Waals surface area contributed by atoms with Gasteiger partial charge in [-0.25, -0.2) is 4.79 Å². The van der Waals surface area contributed by atoms with Gasteiger partial charge in [0.25, 0.3) is 0 Å². The SMILES string of the molecule is CC(C)(O)C(C)(C)CNC(=O)OCc1ccccc1. The lowest BCUT2D eigenvalue weighted by molar-refractivity contribution is -0.0334. The van der Waals surface area contributed by atoms with Crippen LogP contribution in [-0.4, -0.2) is 23.3 Å². The van der Waals surface area contributed by atoms with E-state index in [0.29, 0.717) is 6.54 Å². The number of ether oxygens (including phenoxy) is 1. The molecule has 106 valence electrons. The molecule has 1 amide bonds. The van der Waals surface area contributed by atoms with E-state index in [1.54, 1.807) is 13.8 Å².